The Morgan fingerprint density at radius 3 is 3.00 bits per heavy atom. The van der Waals surface area contributed by atoms with E-state index in [9.17, 15) is 0 Å². The summed E-state index contributed by atoms with van der Waals surface area (Å²) >= 11 is 8.00. The summed E-state index contributed by atoms with van der Waals surface area (Å²) in [5.74, 6) is 0. The normalized spacial score (nSPS) is 15.5. The molecule has 0 radical (unpaired) electrons. The van der Waals surface area contributed by atoms with Crippen LogP contribution in [0.3, 0.4) is 0 Å². The summed E-state index contributed by atoms with van der Waals surface area (Å²) in [4.78, 5) is 3.81. The summed E-state index contributed by atoms with van der Waals surface area (Å²) < 4.78 is 3.98. The molecule has 4 heteroatoms. The molecule has 1 aromatic carbocycles. The highest BCUT2D eigenvalue weighted by atomic mass is 35.5. The molecule has 0 fully saturated rings. The number of hydrogen-bond acceptors (Lipinski definition) is 2. The molecule has 0 bridgehead atoms. The lowest BCUT2D eigenvalue weighted by atomic mass is 10.1. The van der Waals surface area contributed by atoms with E-state index < -0.39 is 0 Å². The predicted octanol–water partition coefficient (Wildman–Crippen LogP) is 5.37. The van der Waals surface area contributed by atoms with Gasteiger partial charge in [0, 0.05) is 47.2 Å². The molecule has 124 valence electrons. The van der Waals surface area contributed by atoms with E-state index in [-0.39, 0.29) is 0 Å². The first-order valence-corrected chi connectivity index (χ1v) is 9.52. The molecule has 0 N–H and O–H groups in total. The van der Waals surface area contributed by atoms with Crippen molar-refractivity contribution in [2.24, 2.45) is 0 Å². The number of allylic oxidation sites excluding steroid dienone is 1. The maximum atomic E-state index is 6.07. The average Bonchev–Trinajstić information content (AvgIpc) is 3.04. The van der Waals surface area contributed by atoms with Crippen molar-refractivity contribution in [1.29, 1.82) is 0 Å². The van der Waals surface area contributed by atoms with Gasteiger partial charge in [-0.15, -0.1) is 11.3 Å². The number of rotatable bonds is 3. The molecule has 3 aromatic rings. The van der Waals surface area contributed by atoms with Gasteiger partial charge in [-0.1, -0.05) is 35.9 Å². The molecular formula is C20H21ClN2S. The van der Waals surface area contributed by atoms with Gasteiger partial charge in [-0.05, 0) is 37.7 Å². The van der Waals surface area contributed by atoms with Crippen molar-refractivity contribution in [2.75, 3.05) is 13.6 Å². The SMILES string of the molecule is Cc1cc2c(s1)c1c(n2CC=Cc2cccc(Cl)c2)CCN(C)C1. The van der Waals surface area contributed by atoms with Crippen molar-refractivity contribution >= 4 is 39.2 Å². The number of nitrogens with zero attached hydrogens (tertiary/aromatic N) is 2. The number of thiophene rings is 1. The van der Waals surface area contributed by atoms with Crippen molar-refractivity contribution in [3.05, 3.63) is 63.1 Å². The number of aryl methyl sites for hydroxylation is 1. The lowest BCUT2D eigenvalue weighted by molar-refractivity contribution is 0.310. The molecule has 0 saturated heterocycles. The summed E-state index contributed by atoms with van der Waals surface area (Å²) in [6.07, 6.45) is 5.55. The summed E-state index contributed by atoms with van der Waals surface area (Å²) in [7, 11) is 2.21. The van der Waals surface area contributed by atoms with Gasteiger partial charge < -0.3 is 9.47 Å². The van der Waals surface area contributed by atoms with Gasteiger partial charge >= 0.3 is 0 Å². The van der Waals surface area contributed by atoms with E-state index in [1.165, 1.54) is 26.4 Å². The zero-order chi connectivity index (χ0) is 16.7. The molecule has 4 rings (SSSR count). The minimum atomic E-state index is 0.786. The van der Waals surface area contributed by atoms with E-state index in [1.54, 1.807) is 0 Å². The van der Waals surface area contributed by atoms with Crippen molar-refractivity contribution in [3.63, 3.8) is 0 Å². The van der Waals surface area contributed by atoms with Crippen LogP contribution in [0.25, 0.3) is 16.3 Å². The average molecular weight is 357 g/mol. The zero-order valence-electron chi connectivity index (χ0n) is 14.1. The van der Waals surface area contributed by atoms with Crippen LogP contribution in [0, 0.1) is 6.92 Å². The number of likely N-dealkylation sites (N-methyl/N-ethyl adjacent to an activating group) is 1. The van der Waals surface area contributed by atoms with Gasteiger partial charge in [0.1, 0.15) is 0 Å². The number of fused-ring (bicyclic) bond motifs is 3. The Bertz CT molecular complexity index is 919. The van der Waals surface area contributed by atoms with E-state index in [2.05, 4.69) is 47.7 Å². The van der Waals surface area contributed by atoms with Crippen LogP contribution >= 0.6 is 22.9 Å². The fraction of sp³-hybridized carbons (Fsp3) is 0.300. The molecule has 3 heterocycles. The van der Waals surface area contributed by atoms with Crippen molar-refractivity contribution in [1.82, 2.24) is 9.47 Å². The third kappa shape index (κ3) is 2.92. The fourth-order valence-electron chi connectivity index (χ4n) is 3.56. The quantitative estimate of drug-likeness (QED) is 0.612. The second kappa shape index (κ2) is 6.40. The van der Waals surface area contributed by atoms with E-state index >= 15 is 0 Å². The largest absolute Gasteiger partial charge is 0.340 e. The molecule has 0 amide bonds. The van der Waals surface area contributed by atoms with Gasteiger partial charge in [0.05, 0.1) is 10.2 Å². The van der Waals surface area contributed by atoms with Crippen LogP contribution in [-0.4, -0.2) is 23.1 Å². The molecule has 2 nitrogen and oxygen atoms in total. The molecule has 1 aliphatic rings. The molecule has 0 aliphatic carbocycles. The lowest BCUT2D eigenvalue weighted by Crippen LogP contribution is -2.27. The first-order valence-electron chi connectivity index (χ1n) is 8.33. The second-order valence-corrected chi connectivity index (χ2v) is 8.25. The predicted molar refractivity (Wildman–Crippen MR) is 105 cm³/mol. The van der Waals surface area contributed by atoms with Crippen molar-refractivity contribution in [3.8, 4) is 0 Å². The van der Waals surface area contributed by atoms with Crippen LogP contribution in [0.2, 0.25) is 5.02 Å². The van der Waals surface area contributed by atoms with Gasteiger partial charge in [0.2, 0.25) is 0 Å². The maximum absolute atomic E-state index is 6.07. The van der Waals surface area contributed by atoms with Gasteiger partial charge in [-0.2, -0.15) is 0 Å². The molecule has 0 atom stereocenters. The van der Waals surface area contributed by atoms with Crippen LogP contribution in [0.15, 0.2) is 36.4 Å². The zero-order valence-corrected chi connectivity index (χ0v) is 15.6. The van der Waals surface area contributed by atoms with Gasteiger partial charge in [0.25, 0.3) is 0 Å². The summed E-state index contributed by atoms with van der Waals surface area (Å²) in [5.41, 5.74) is 5.60. The standard InChI is InChI=1S/C20H21ClN2S/c1-14-11-19-20(24-14)17-13-22(2)10-8-18(17)23(19)9-4-6-15-5-3-7-16(21)12-15/h3-7,11-12H,8-10,13H2,1-2H3. The summed E-state index contributed by atoms with van der Waals surface area (Å²) in [6, 6.07) is 10.3. The van der Waals surface area contributed by atoms with Crippen LogP contribution in [-0.2, 0) is 19.5 Å². The Morgan fingerprint density at radius 1 is 1.29 bits per heavy atom. The van der Waals surface area contributed by atoms with Crippen molar-refractivity contribution in [2.45, 2.75) is 26.4 Å². The van der Waals surface area contributed by atoms with Crippen LogP contribution in [0.1, 0.15) is 21.7 Å². The third-order valence-corrected chi connectivity index (χ3v) is 6.01. The molecular weight excluding hydrogens is 336 g/mol. The molecule has 1 aliphatic heterocycles. The molecule has 0 saturated carbocycles. The van der Waals surface area contributed by atoms with E-state index in [4.69, 9.17) is 11.6 Å². The Hall–Kier alpha value is -1.55. The number of halogens is 1. The Kier molecular flexibility index (Phi) is 4.25. The highest BCUT2D eigenvalue weighted by Crippen LogP contribution is 2.36. The smallest absolute Gasteiger partial charge is 0.0601 e. The Balaban J connectivity index is 1.69. The Morgan fingerprint density at radius 2 is 2.17 bits per heavy atom. The van der Waals surface area contributed by atoms with Crippen molar-refractivity contribution < 1.29 is 0 Å². The lowest BCUT2D eigenvalue weighted by Gasteiger charge is -2.24. The van der Waals surface area contributed by atoms with Crippen LogP contribution < -0.4 is 0 Å². The van der Waals surface area contributed by atoms with Gasteiger partial charge in [0.15, 0.2) is 0 Å². The maximum Gasteiger partial charge on any atom is 0.0601 e. The number of hydrogen-bond donors (Lipinski definition) is 0. The topological polar surface area (TPSA) is 8.17 Å². The number of benzene rings is 1. The first kappa shape index (κ1) is 15.9. The van der Waals surface area contributed by atoms with E-state index in [1.807, 2.05) is 29.5 Å². The van der Waals surface area contributed by atoms with Crippen LogP contribution in [0.5, 0.6) is 0 Å². The van der Waals surface area contributed by atoms with E-state index in [0.717, 1.165) is 36.6 Å². The highest BCUT2D eigenvalue weighted by Gasteiger charge is 2.23. The minimum absolute atomic E-state index is 0.786. The fourth-order valence-corrected chi connectivity index (χ4v) is 4.84. The van der Waals surface area contributed by atoms with E-state index in [0.29, 0.717) is 0 Å². The highest BCUT2D eigenvalue weighted by molar-refractivity contribution is 7.19. The molecule has 2 aromatic heterocycles. The molecule has 0 unspecified atom stereocenters. The summed E-state index contributed by atoms with van der Waals surface area (Å²) in [5, 5.41) is 0.786. The Labute approximate surface area is 152 Å². The molecule has 24 heavy (non-hydrogen) atoms. The number of aromatic nitrogens is 1. The second-order valence-electron chi connectivity index (χ2n) is 6.55. The minimum Gasteiger partial charge on any atom is -0.340 e. The molecule has 0 spiro atoms. The third-order valence-electron chi connectivity index (χ3n) is 4.68. The van der Waals surface area contributed by atoms with Crippen LogP contribution in [0.4, 0.5) is 0 Å². The monoisotopic (exact) mass is 356 g/mol. The van der Waals surface area contributed by atoms with Gasteiger partial charge in [-0.3, -0.25) is 0 Å². The summed E-state index contributed by atoms with van der Waals surface area (Å²) in [6.45, 7) is 5.33. The first-order chi connectivity index (χ1) is 11.6. The van der Waals surface area contributed by atoms with Gasteiger partial charge in [-0.25, -0.2) is 0 Å².